The zero-order valence-electron chi connectivity index (χ0n) is 11.4. The van der Waals surface area contributed by atoms with Crippen molar-refractivity contribution in [2.24, 2.45) is 0 Å². The van der Waals surface area contributed by atoms with Crippen LogP contribution in [0.3, 0.4) is 0 Å². The van der Waals surface area contributed by atoms with E-state index in [1.807, 2.05) is 6.92 Å². The topological polar surface area (TPSA) is 44.9 Å². The van der Waals surface area contributed by atoms with Gasteiger partial charge in [0, 0.05) is 19.1 Å². The van der Waals surface area contributed by atoms with Crippen LogP contribution in [0.5, 0.6) is 0 Å². The quantitative estimate of drug-likeness (QED) is 0.750. The summed E-state index contributed by atoms with van der Waals surface area (Å²) in [5, 5.41) is 13.5. The maximum Gasteiger partial charge on any atom is 0.0871 e. The molecule has 1 saturated carbocycles. The predicted octanol–water partition coefficient (Wildman–Crippen LogP) is 2.48. The number of aromatic nitrogens is 2. The molecule has 0 atom stereocenters. The molecule has 4 nitrogen and oxygen atoms in total. The normalized spacial score (nSPS) is 16.3. The van der Waals surface area contributed by atoms with Crippen LogP contribution in [-0.4, -0.2) is 27.3 Å². The first-order valence-corrected chi connectivity index (χ1v) is 6.89. The first-order valence-electron chi connectivity index (χ1n) is 6.89. The average molecular weight is 246 g/mol. The third kappa shape index (κ3) is 2.91. The number of nitrogens with zero attached hydrogens (tertiary/aromatic N) is 4. The fourth-order valence-electron chi connectivity index (χ4n) is 2.88. The van der Waals surface area contributed by atoms with E-state index in [1.54, 1.807) is 0 Å². The van der Waals surface area contributed by atoms with Gasteiger partial charge in [0.05, 0.1) is 24.0 Å². The molecule has 18 heavy (non-hydrogen) atoms. The number of hydrogen-bond donors (Lipinski definition) is 0. The molecule has 1 aliphatic carbocycles. The summed E-state index contributed by atoms with van der Waals surface area (Å²) in [5.74, 6) is 0. The molecule has 0 N–H and O–H groups in total. The molecule has 1 aliphatic rings. The van der Waals surface area contributed by atoms with E-state index in [-0.39, 0.29) is 0 Å². The first-order chi connectivity index (χ1) is 8.74. The van der Waals surface area contributed by atoms with Gasteiger partial charge in [-0.2, -0.15) is 10.4 Å². The van der Waals surface area contributed by atoms with Gasteiger partial charge < -0.3 is 0 Å². The van der Waals surface area contributed by atoms with Gasteiger partial charge in [-0.25, -0.2) is 0 Å². The molecule has 0 radical (unpaired) electrons. The highest BCUT2D eigenvalue weighted by atomic mass is 15.3. The number of aryl methyl sites for hydroxylation is 2. The molecule has 0 spiro atoms. The van der Waals surface area contributed by atoms with Gasteiger partial charge in [-0.3, -0.25) is 9.58 Å². The van der Waals surface area contributed by atoms with Crippen LogP contribution in [0.1, 0.15) is 44.0 Å². The molecule has 0 saturated heterocycles. The molecule has 1 heterocycles. The van der Waals surface area contributed by atoms with Crippen molar-refractivity contribution in [3.8, 4) is 6.07 Å². The Kier molecular flexibility index (Phi) is 4.38. The molecule has 0 unspecified atom stereocenters. The first kappa shape index (κ1) is 13.1. The molecule has 0 bridgehead atoms. The number of rotatable bonds is 5. The summed E-state index contributed by atoms with van der Waals surface area (Å²) >= 11 is 0. The Balaban J connectivity index is 2.09. The number of hydrogen-bond acceptors (Lipinski definition) is 3. The predicted molar refractivity (Wildman–Crippen MR) is 70.9 cm³/mol. The molecule has 4 heteroatoms. The van der Waals surface area contributed by atoms with E-state index in [0.717, 1.165) is 18.8 Å². The lowest BCUT2D eigenvalue weighted by atomic mass is 10.2. The van der Waals surface area contributed by atoms with Gasteiger partial charge in [-0.15, -0.1) is 0 Å². The van der Waals surface area contributed by atoms with Crippen molar-refractivity contribution in [1.82, 2.24) is 14.7 Å². The molecule has 2 rings (SSSR count). The Morgan fingerprint density at radius 1 is 1.50 bits per heavy atom. The highest BCUT2D eigenvalue weighted by molar-refractivity contribution is 5.09. The van der Waals surface area contributed by atoms with Crippen molar-refractivity contribution < 1.29 is 0 Å². The minimum Gasteiger partial charge on any atom is -0.282 e. The van der Waals surface area contributed by atoms with Crippen molar-refractivity contribution in [1.29, 1.82) is 5.26 Å². The van der Waals surface area contributed by atoms with Gasteiger partial charge in [0.1, 0.15) is 0 Å². The van der Waals surface area contributed by atoms with E-state index in [1.165, 1.54) is 31.4 Å². The summed E-state index contributed by atoms with van der Waals surface area (Å²) in [4.78, 5) is 2.32. The van der Waals surface area contributed by atoms with E-state index >= 15 is 0 Å². The smallest absolute Gasteiger partial charge is 0.0871 e. The maximum atomic E-state index is 8.99. The monoisotopic (exact) mass is 246 g/mol. The Morgan fingerprint density at radius 2 is 2.22 bits per heavy atom. The molecule has 1 aromatic heterocycles. The third-order valence-corrected chi connectivity index (χ3v) is 3.76. The Hall–Kier alpha value is -1.34. The Bertz CT molecular complexity index is 423. The summed E-state index contributed by atoms with van der Waals surface area (Å²) in [6.07, 6.45) is 5.08. The Labute approximate surface area is 109 Å². The van der Waals surface area contributed by atoms with E-state index in [0.29, 0.717) is 12.6 Å². The van der Waals surface area contributed by atoms with Gasteiger partial charge in [0.15, 0.2) is 0 Å². The lowest BCUT2D eigenvalue weighted by molar-refractivity contribution is 0.208. The van der Waals surface area contributed by atoms with Gasteiger partial charge in [-0.05, 0) is 32.8 Å². The molecule has 1 fully saturated rings. The summed E-state index contributed by atoms with van der Waals surface area (Å²) < 4.78 is 2.05. The van der Waals surface area contributed by atoms with Crippen molar-refractivity contribution in [3.05, 3.63) is 17.5 Å². The fraction of sp³-hybridized carbons (Fsp3) is 0.714. The SMILES string of the molecule is CCn1nc(C)cc1CN(CC#N)C1CCCC1. The van der Waals surface area contributed by atoms with Gasteiger partial charge in [-0.1, -0.05) is 12.8 Å². The van der Waals surface area contributed by atoms with Crippen LogP contribution in [0.25, 0.3) is 0 Å². The minimum absolute atomic E-state index is 0.526. The zero-order chi connectivity index (χ0) is 13.0. The molecule has 0 aromatic carbocycles. The second-order valence-electron chi connectivity index (χ2n) is 5.09. The highest BCUT2D eigenvalue weighted by Crippen LogP contribution is 2.24. The molecule has 0 amide bonds. The second-order valence-corrected chi connectivity index (χ2v) is 5.09. The van der Waals surface area contributed by atoms with Crippen LogP contribution >= 0.6 is 0 Å². The van der Waals surface area contributed by atoms with E-state index in [2.05, 4.69) is 33.7 Å². The van der Waals surface area contributed by atoms with Crippen molar-refractivity contribution >= 4 is 0 Å². The van der Waals surface area contributed by atoms with Crippen LogP contribution < -0.4 is 0 Å². The average Bonchev–Trinajstić information content (AvgIpc) is 2.97. The van der Waals surface area contributed by atoms with Crippen LogP contribution in [0.15, 0.2) is 6.07 Å². The summed E-state index contributed by atoms with van der Waals surface area (Å²) in [5.41, 5.74) is 2.30. The van der Waals surface area contributed by atoms with E-state index in [4.69, 9.17) is 5.26 Å². The van der Waals surface area contributed by atoms with Crippen molar-refractivity contribution in [2.75, 3.05) is 6.54 Å². The lowest BCUT2D eigenvalue weighted by Crippen LogP contribution is -2.33. The minimum atomic E-state index is 0.526. The summed E-state index contributed by atoms with van der Waals surface area (Å²) in [7, 11) is 0. The molecule has 0 aliphatic heterocycles. The van der Waals surface area contributed by atoms with Gasteiger partial charge >= 0.3 is 0 Å². The Morgan fingerprint density at radius 3 is 2.83 bits per heavy atom. The van der Waals surface area contributed by atoms with Gasteiger partial charge in [0.25, 0.3) is 0 Å². The highest BCUT2D eigenvalue weighted by Gasteiger charge is 2.23. The standard InChI is InChI=1S/C14H22N4/c1-3-18-14(10-12(2)16-18)11-17(9-8-15)13-6-4-5-7-13/h10,13H,3-7,9,11H2,1-2H3. The van der Waals surface area contributed by atoms with Gasteiger partial charge in [0.2, 0.25) is 0 Å². The molecule has 1 aromatic rings. The summed E-state index contributed by atoms with van der Waals surface area (Å²) in [6.45, 7) is 6.42. The van der Waals surface area contributed by atoms with E-state index < -0.39 is 0 Å². The third-order valence-electron chi connectivity index (χ3n) is 3.76. The lowest BCUT2D eigenvalue weighted by Gasteiger charge is -2.26. The van der Waals surface area contributed by atoms with Crippen molar-refractivity contribution in [3.63, 3.8) is 0 Å². The van der Waals surface area contributed by atoms with E-state index in [9.17, 15) is 0 Å². The second kappa shape index (κ2) is 6.01. The fourth-order valence-corrected chi connectivity index (χ4v) is 2.88. The molecule has 98 valence electrons. The maximum absolute atomic E-state index is 8.99. The largest absolute Gasteiger partial charge is 0.282 e. The van der Waals surface area contributed by atoms with Crippen LogP contribution in [0.4, 0.5) is 0 Å². The molecular weight excluding hydrogens is 224 g/mol. The summed E-state index contributed by atoms with van der Waals surface area (Å²) in [6, 6.07) is 5.04. The van der Waals surface area contributed by atoms with Crippen LogP contribution in [0, 0.1) is 18.3 Å². The zero-order valence-corrected chi connectivity index (χ0v) is 11.4. The number of nitriles is 1. The van der Waals surface area contributed by atoms with Crippen molar-refractivity contribution in [2.45, 2.75) is 58.7 Å². The van der Waals surface area contributed by atoms with Crippen LogP contribution in [0.2, 0.25) is 0 Å². The van der Waals surface area contributed by atoms with Crippen LogP contribution in [-0.2, 0) is 13.1 Å². The molecular formula is C14H22N4.